The fraction of sp³-hybridized carbons (Fsp3) is 0.296. The topological polar surface area (TPSA) is 74.2 Å². The van der Waals surface area contributed by atoms with Crippen LogP contribution in [0.4, 0.5) is 0 Å². The second-order valence-electron chi connectivity index (χ2n) is 7.94. The Kier molecular flexibility index (Phi) is 8.22. The molecular weight excluding hydrogens is 420 g/mol. The molecule has 6 heteroatoms. The van der Waals surface area contributed by atoms with Crippen LogP contribution in [0.5, 0.6) is 0 Å². The Hall–Kier alpha value is -3.03. The van der Waals surface area contributed by atoms with Crippen LogP contribution >= 0.6 is 0 Å². The van der Waals surface area contributed by atoms with Crippen molar-refractivity contribution in [2.24, 2.45) is 0 Å². The average molecular weight is 449 g/mol. The van der Waals surface area contributed by atoms with E-state index in [0.717, 1.165) is 16.7 Å². The molecule has 1 saturated heterocycles. The molecule has 3 aromatic rings. The lowest BCUT2D eigenvalue weighted by Crippen LogP contribution is -2.58. The third-order valence-electron chi connectivity index (χ3n) is 5.47. The summed E-state index contributed by atoms with van der Waals surface area (Å²) in [6, 6.07) is 29.0. The molecule has 0 radical (unpaired) electrons. The normalized spacial score (nSPS) is 22.6. The first kappa shape index (κ1) is 23.1. The zero-order valence-corrected chi connectivity index (χ0v) is 18.3. The second kappa shape index (κ2) is 11.7. The molecule has 4 atom stereocenters. The standard InChI is InChI=1S/C27H28O6/c28-24-26(32-18-22-14-8-3-9-15-22)25(31-17-21-12-6-2-7-13-21)23(33-27(24)29)19-30-16-20-10-4-1-5-11-20/h1-15,23-26,28H,16-19H2/t23-,24+,25-,26-/m1/s1. The molecule has 6 nitrogen and oxygen atoms in total. The van der Waals surface area contributed by atoms with Crippen LogP contribution in [0.25, 0.3) is 0 Å². The summed E-state index contributed by atoms with van der Waals surface area (Å²) in [7, 11) is 0. The molecule has 0 unspecified atom stereocenters. The molecule has 1 N–H and O–H groups in total. The van der Waals surface area contributed by atoms with Gasteiger partial charge in [-0.25, -0.2) is 4.79 Å². The summed E-state index contributed by atoms with van der Waals surface area (Å²) in [5.74, 6) is -0.735. The van der Waals surface area contributed by atoms with Crippen LogP contribution in [0.3, 0.4) is 0 Å². The first-order valence-electron chi connectivity index (χ1n) is 11.0. The van der Waals surface area contributed by atoms with Crippen molar-refractivity contribution in [3.8, 4) is 0 Å². The van der Waals surface area contributed by atoms with E-state index in [0.29, 0.717) is 6.61 Å². The Balaban J connectivity index is 1.46. The van der Waals surface area contributed by atoms with Crippen molar-refractivity contribution in [1.82, 2.24) is 0 Å². The van der Waals surface area contributed by atoms with Crippen molar-refractivity contribution >= 4 is 5.97 Å². The number of hydrogen-bond donors (Lipinski definition) is 1. The molecular formula is C27H28O6. The maximum absolute atomic E-state index is 12.4. The number of aliphatic hydroxyl groups is 1. The van der Waals surface area contributed by atoms with E-state index in [1.54, 1.807) is 0 Å². The van der Waals surface area contributed by atoms with E-state index in [9.17, 15) is 9.90 Å². The second-order valence-corrected chi connectivity index (χ2v) is 7.94. The number of hydrogen-bond acceptors (Lipinski definition) is 6. The summed E-state index contributed by atoms with van der Waals surface area (Å²) in [6.45, 7) is 1.02. The van der Waals surface area contributed by atoms with Gasteiger partial charge in [0.2, 0.25) is 0 Å². The van der Waals surface area contributed by atoms with Gasteiger partial charge in [-0.1, -0.05) is 91.0 Å². The van der Waals surface area contributed by atoms with E-state index in [4.69, 9.17) is 18.9 Å². The highest BCUT2D eigenvalue weighted by atomic mass is 16.6. The van der Waals surface area contributed by atoms with Crippen LogP contribution in [0.2, 0.25) is 0 Å². The summed E-state index contributed by atoms with van der Waals surface area (Å²) in [5.41, 5.74) is 2.91. The number of rotatable bonds is 10. The van der Waals surface area contributed by atoms with Crippen LogP contribution < -0.4 is 0 Å². The average Bonchev–Trinajstić information content (AvgIpc) is 2.86. The number of esters is 1. The Morgan fingerprint density at radius 2 is 1.12 bits per heavy atom. The fourth-order valence-electron chi connectivity index (χ4n) is 3.73. The Bertz CT molecular complexity index is 979. The predicted molar refractivity (Wildman–Crippen MR) is 122 cm³/mol. The minimum atomic E-state index is -1.44. The van der Waals surface area contributed by atoms with Gasteiger partial charge in [-0.05, 0) is 16.7 Å². The zero-order valence-electron chi connectivity index (χ0n) is 18.3. The molecule has 0 amide bonds. The lowest BCUT2D eigenvalue weighted by molar-refractivity contribution is -0.230. The van der Waals surface area contributed by atoms with Crippen molar-refractivity contribution in [2.75, 3.05) is 6.61 Å². The van der Waals surface area contributed by atoms with Crippen molar-refractivity contribution in [1.29, 1.82) is 0 Å². The first-order chi connectivity index (χ1) is 16.2. The van der Waals surface area contributed by atoms with Crippen LogP contribution in [-0.4, -0.2) is 42.1 Å². The van der Waals surface area contributed by atoms with E-state index in [-0.39, 0.29) is 19.8 Å². The molecule has 33 heavy (non-hydrogen) atoms. The molecule has 0 saturated carbocycles. The Morgan fingerprint density at radius 3 is 1.64 bits per heavy atom. The molecule has 1 heterocycles. The molecule has 1 fully saturated rings. The minimum Gasteiger partial charge on any atom is -0.455 e. The number of carbonyl (C=O) groups is 1. The van der Waals surface area contributed by atoms with Crippen molar-refractivity contribution in [3.05, 3.63) is 108 Å². The highest BCUT2D eigenvalue weighted by Gasteiger charge is 2.47. The maximum atomic E-state index is 12.4. The first-order valence-corrected chi connectivity index (χ1v) is 11.0. The molecule has 4 rings (SSSR count). The van der Waals surface area contributed by atoms with E-state index in [1.807, 2.05) is 91.0 Å². The van der Waals surface area contributed by atoms with Gasteiger partial charge >= 0.3 is 5.97 Å². The Morgan fingerprint density at radius 1 is 0.667 bits per heavy atom. The van der Waals surface area contributed by atoms with Crippen LogP contribution in [0.15, 0.2) is 91.0 Å². The maximum Gasteiger partial charge on any atom is 0.338 e. The van der Waals surface area contributed by atoms with Gasteiger partial charge < -0.3 is 24.1 Å². The van der Waals surface area contributed by atoms with Gasteiger partial charge in [0.25, 0.3) is 0 Å². The molecule has 172 valence electrons. The van der Waals surface area contributed by atoms with Crippen LogP contribution in [0, 0.1) is 0 Å². The fourth-order valence-corrected chi connectivity index (χ4v) is 3.73. The lowest BCUT2D eigenvalue weighted by atomic mass is 9.99. The number of carbonyl (C=O) groups excluding carboxylic acids is 1. The van der Waals surface area contributed by atoms with Crippen molar-refractivity contribution < 1.29 is 28.8 Å². The summed E-state index contributed by atoms with van der Waals surface area (Å²) in [5, 5.41) is 10.6. The molecule has 0 aliphatic carbocycles. The summed E-state index contributed by atoms with van der Waals surface area (Å²) in [6.07, 6.45) is -3.74. The van der Waals surface area contributed by atoms with Gasteiger partial charge in [0, 0.05) is 0 Å². The lowest BCUT2D eigenvalue weighted by Gasteiger charge is -2.39. The largest absolute Gasteiger partial charge is 0.455 e. The Labute approximate surface area is 193 Å². The zero-order chi connectivity index (χ0) is 22.9. The summed E-state index contributed by atoms with van der Waals surface area (Å²) in [4.78, 5) is 12.4. The monoisotopic (exact) mass is 448 g/mol. The number of benzene rings is 3. The van der Waals surface area contributed by atoms with E-state index >= 15 is 0 Å². The van der Waals surface area contributed by atoms with Gasteiger partial charge in [-0.15, -0.1) is 0 Å². The molecule has 0 aromatic heterocycles. The van der Waals surface area contributed by atoms with Crippen molar-refractivity contribution in [2.45, 2.75) is 44.2 Å². The van der Waals surface area contributed by atoms with Crippen LogP contribution in [0.1, 0.15) is 16.7 Å². The molecule has 0 spiro atoms. The molecule has 1 aliphatic rings. The molecule has 1 aliphatic heterocycles. The number of ether oxygens (including phenoxy) is 4. The van der Waals surface area contributed by atoms with Gasteiger partial charge in [0.15, 0.2) is 12.2 Å². The minimum absolute atomic E-state index is 0.123. The quantitative estimate of drug-likeness (QED) is 0.477. The SMILES string of the molecule is O=C1O[C@H](COCc2ccccc2)[C@@H](OCc2ccccc2)[C@H](OCc2ccccc2)[C@@H]1O. The summed E-state index contributed by atoms with van der Waals surface area (Å²) < 4.78 is 23.5. The number of aliphatic hydroxyl groups excluding tert-OH is 1. The number of cyclic esters (lactones) is 1. The third-order valence-corrected chi connectivity index (χ3v) is 5.47. The van der Waals surface area contributed by atoms with Gasteiger partial charge in [0.1, 0.15) is 12.2 Å². The third kappa shape index (κ3) is 6.49. The molecule has 0 bridgehead atoms. The highest BCUT2D eigenvalue weighted by Crippen LogP contribution is 2.25. The van der Waals surface area contributed by atoms with Crippen molar-refractivity contribution in [3.63, 3.8) is 0 Å². The van der Waals surface area contributed by atoms with Gasteiger partial charge in [-0.2, -0.15) is 0 Å². The van der Waals surface area contributed by atoms with E-state index in [2.05, 4.69) is 0 Å². The highest BCUT2D eigenvalue weighted by molar-refractivity contribution is 5.76. The molecule has 3 aromatic carbocycles. The van der Waals surface area contributed by atoms with Gasteiger partial charge in [-0.3, -0.25) is 0 Å². The van der Waals surface area contributed by atoms with Gasteiger partial charge in [0.05, 0.1) is 26.4 Å². The van der Waals surface area contributed by atoms with Crippen LogP contribution in [-0.2, 0) is 43.6 Å². The van der Waals surface area contributed by atoms with E-state index in [1.165, 1.54) is 0 Å². The predicted octanol–water partition coefficient (Wildman–Crippen LogP) is 3.66. The smallest absolute Gasteiger partial charge is 0.338 e. The summed E-state index contributed by atoms with van der Waals surface area (Å²) >= 11 is 0. The van der Waals surface area contributed by atoms with E-state index < -0.39 is 30.4 Å².